The number of carbonyl (C=O) groups excluding carboxylic acids is 2. The number of nitrogens with zero attached hydrogens (tertiary/aromatic N) is 1. The smallest absolute Gasteiger partial charge is 0.253 e. The summed E-state index contributed by atoms with van der Waals surface area (Å²) in [5, 5.41) is 3.19. The summed E-state index contributed by atoms with van der Waals surface area (Å²) in [6.07, 6.45) is 1.36. The Morgan fingerprint density at radius 1 is 1.14 bits per heavy atom. The molecular formula is C21H22ClFN2O4. The van der Waals surface area contributed by atoms with Gasteiger partial charge in [-0.2, -0.15) is 0 Å². The van der Waals surface area contributed by atoms with E-state index in [2.05, 4.69) is 5.32 Å². The number of halogens is 2. The Morgan fingerprint density at radius 3 is 2.48 bits per heavy atom. The van der Waals surface area contributed by atoms with E-state index in [1.54, 1.807) is 17.0 Å². The van der Waals surface area contributed by atoms with Crippen LogP contribution in [-0.2, 0) is 4.79 Å². The number of rotatable bonds is 5. The summed E-state index contributed by atoms with van der Waals surface area (Å²) >= 11 is 6.16. The lowest BCUT2D eigenvalue weighted by Crippen LogP contribution is -2.43. The van der Waals surface area contributed by atoms with Gasteiger partial charge in [-0.25, -0.2) is 4.39 Å². The first-order valence-electron chi connectivity index (χ1n) is 9.20. The average Bonchev–Trinajstić information content (AvgIpc) is 2.74. The molecule has 0 unspecified atom stereocenters. The predicted octanol–water partition coefficient (Wildman–Crippen LogP) is 3.99. The molecule has 1 N–H and O–H groups in total. The van der Waals surface area contributed by atoms with Crippen LogP contribution in [0, 0.1) is 11.7 Å². The zero-order valence-electron chi connectivity index (χ0n) is 16.2. The van der Waals surface area contributed by atoms with E-state index in [0.29, 0.717) is 47.2 Å². The van der Waals surface area contributed by atoms with E-state index in [1.165, 1.54) is 38.5 Å². The van der Waals surface area contributed by atoms with Crippen LogP contribution in [0.25, 0.3) is 0 Å². The van der Waals surface area contributed by atoms with E-state index in [-0.39, 0.29) is 24.3 Å². The van der Waals surface area contributed by atoms with Gasteiger partial charge in [-0.05, 0) is 43.2 Å². The lowest BCUT2D eigenvalue weighted by Gasteiger charge is -2.32. The summed E-state index contributed by atoms with van der Waals surface area (Å²) in [4.78, 5) is 27.1. The summed E-state index contributed by atoms with van der Waals surface area (Å²) in [6.45, 7) is 0.839. The number of likely N-dealkylation sites (tertiary alicyclic amines) is 1. The SMILES string of the molecule is COc1cc(OC)c(NC(=O)[C@H]2CCCN(C(=O)c3ccc(F)cc3)C2)cc1Cl. The zero-order valence-corrected chi connectivity index (χ0v) is 17.0. The molecular weight excluding hydrogens is 399 g/mol. The minimum Gasteiger partial charge on any atom is -0.495 e. The van der Waals surface area contributed by atoms with Crippen LogP contribution in [0.2, 0.25) is 5.02 Å². The fourth-order valence-electron chi connectivity index (χ4n) is 3.34. The molecule has 1 heterocycles. The second-order valence-corrected chi connectivity index (χ2v) is 7.18. The van der Waals surface area contributed by atoms with Crippen molar-refractivity contribution in [2.45, 2.75) is 12.8 Å². The number of anilines is 1. The van der Waals surface area contributed by atoms with E-state index in [1.807, 2.05) is 0 Å². The lowest BCUT2D eigenvalue weighted by atomic mass is 9.96. The second-order valence-electron chi connectivity index (χ2n) is 6.77. The molecule has 3 rings (SSSR count). The molecule has 2 amide bonds. The Morgan fingerprint density at radius 2 is 1.83 bits per heavy atom. The highest BCUT2D eigenvalue weighted by molar-refractivity contribution is 6.32. The summed E-state index contributed by atoms with van der Waals surface area (Å²) in [6, 6.07) is 8.57. The third-order valence-corrected chi connectivity index (χ3v) is 5.20. The largest absolute Gasteiger partial charge is 0.495 e. The molecule has 0 aliphatic carbocycles. The Balaban J connectivity index is 1.71. The number of methoxy groups -OCH3 is 2. The van der Waals surface area contributed by atoms with Gasteiger partial charge in [-0.15, -0.1) is 0 Å². The molecule has 0 saturated carbocycles. The van der Waals surface area contributed by atoms with Crippen LogP contribution in [0.1, 0.15) is 23.2 Å². The van der Waals surface area contributed by atoms with E-state index >= 15 is 0 Å². The summed E-state index contributed by atoms with van der Waals surface area (Å²) in [7, 11) is 2.98. The maximum Gasteiger partial charge on any atom is 0.253 e. The predicted molar refractivity (Wildman–Crippen MR) is 108 cm³/mol. The van der Waals surface area contributed by atoms with Gasteiger partial charge in [0.25, 0.3) is 5.91 Å². The number of amides is 2. The molecule has 8 heteroatoms. The second kappa shape index (κ2) is 9.13. The van der Waals surface area contributed by atoms with Gasteiger partial charge in [0, 0.05) is 24.7 Å². The Bertz CT molecular complexity index is 904. The molecule has 154 valence electrons. The molecule has 1 fully saturated rings. The number of benzene rings is 2. The Labute approximate surface area is 173 Å². The monoisotopic (exact) mass is 420 g/mol. The Hall–Kier alpha value is -2.80. The molecule has 0 spiro atoms. The van der Waals surface area contributed by atoms with Crippen molar-refractivity contribution in [3.05, 3.63) is 52.8 Å². The molecule has 1 atom stereocenters. The number of ether oxygens (including phenoxy) is 2. The minimum atomic E-state index is -0.399. The van der Waals surface area contributed by atoms with Gasteiger partial charge in [0.1, 0.15) is 17.3 Å². The topological polar surface area (TPSA) is 67.9 Å². The van der Waals surface area contributed by atoms with Gasteiger partial charge in [-0.3, -0.25) is 9.59 Å². The van der Waals surface area contributed by atoms with Gasteiger partial charge in [0.05, 0.1) is 30.8 Å². The van der Waals surface area contributed by atoms with Gasteiger partial charge in [0.2, 0.25) is 5.91 Å². The van der Waals surface area contributed by atoms with Crippen molar-refractivity contribution in [3.8, 4) is 11.5 Å². The molecule has 29 heavy (non-hydrogen) atoms. The number of nitrogens with one attached hydrogen (secondary N) is 1. The van der Waals surface area contributed by atoms with Crippen molar-refractivity contribution < 1.29 is 23.5 Å². The van der Waals surface area contributed by atoms with Crippen molar-refractivity contribution in [3.63, 3.8) is 0 Å². The normalized spacial score (nSPS) is 16.3. The number of carbonyl (C=O) groups is 2. The molecule has 2 aromatic rings. The summed E-state index contributed by atoms with van der Waals surface area (Å²) < 4.78 is 23.6. The standard InChI is InChI=1S/C21H22ClFN2O4/c1-28-18-11-19(29-2)17(10-16(18)22)24-20(26)14-4-3-9-25(12-14)21(27)13-5-7-15(23)8-6-13/h5-8,10-11,14H,3-4,9,12H2,1-2H3,(H,24,26)/t14-/m0/s1. The third-order valence-electron chi connectivity index (χ3n) is 4.90. The van der Waals surface area contributed by atoms with Crippen LogP contribution >= 0.6 is 11.6 Å². The van der Waals surface area contributed by atoms with Gasteiger partial charge in [0.15, 0.2) is 0 Å². The van der Waals surface area contributed by atoms with Crippen LogP contribution < -0.4 is 14.8 Å². The van der Waals surface area contributed by atoms with Crippen molar-refractivity contribution in [1.29, 1.82) is 0 Å². The van der Waals surface area contributed by atoms with E-state index < -0.39 is 5.82 Å². The highest BCUT2D eigenvalue weighted by atomic mass is 35.5. The Kier molecular flexibility index (Phi) is 6.59. The summed E-state index contributed by atoms with van der Waals surface area (Å²) in [5.74, 6) is -0.345. The van der Waals surface area contributed by atoms with E-state index in [4.69, 9.17) is 21.1 Å². The molecule has 1 aliphatic heterocycles. The van der Waals surface area contributed by atoms with Crippen LogP contribution in [0.15, 0.2) is 36.4 Å². The maximum absolute atomic E-state index is 13.1. The van der Waals surface area contributed by atoms with Crippen LogP contribution in [0.4, 0.5) is 10.1 Å². The van der Waals surface area contributed by atoms with Gasteiger partial charge in [-0.1, -0.05) is 11.6 Å². The molecule has 1 saturated heterocycles. The molecule has 0 bridgehead atoms. The fraction of sp³-hybridized carbons (Fsp3) is 0.333. The van der Waals surface area contributed by atoms with Gasteiger partial charge < -0.3 is 19.7 Å². The van der Waals surface area contributed by atoms with Crippen molar-refractivity contribution in [2.75, 3.05) is 32.6 Å². The molecule has 2 aromatic carbocycles. The molecule has 1 aliphatic rings. The van der Waals surface area contributed by atoms with Crippen LogP contribution in [0.5, 0.6) is 11.5 Å². The summed E-state index contributed by atoms with van der Waals surface area (Å²) in [5.41, 5.74) is 0.835. The number of hydrogen-bond donors (Lipinski definition) is 1. The van der Waals surface area contributed by atoms with Crippen LogP contribution in [0.3, 0.4) is 0 Å². The van der Waals surface area contributed by atoms with Crippen molar-refractivity contribution in [1.82, 2.24) is 4.90 Å². The highest BCUT2D eigenvalue weighted by Crippen LogP contribution is 2.36. The lowest BCUT2D eigenvalue weighted by molar-refractivity contribution is -0.121. The number of piperidine rings is 1. The van der Waals surface area contributed by atoms with Crippen molar-refractivity contribution in [2.24, 2.45) is 5.92 Å². The van der Waals surface area contributed by atoms with E-state index in [0.717, 1.165) is 0 Å². The first-order valence-corrected chi connectivity index (χ1v) is 9.58. The third kappa shape index (κ3) is 4.79. The molecule has 6 nitrogen and oxygen atoms in total. The first kappa shape index (κ1) is 20.9. The van der Waals surface area contributed by atoms with Crippen molar-refractivity contribution >= 4 is 29.1 Å². The first-order chi connectivity index (χ1) is 13.9. The quantitative estimate of drug-likeness (QED) is 0.794. The molecule has 0 radical (unpaired) electrons. The van der Waals surface area contributed by atoms with Crippen LogP contribution in [-0.4, -0.2) is 44.0 Å². The zero-order chi connectivity index (χ0) is 21.0. The van der Waals surface area contributed by atoms with E-state index in [9.17, 15) is 14.0 Å². The minimum absolute atomic E-state index is 0.215. The molecule has 0 aromatic heterocycles. The van der Waals surface area contributed by atoms with Gasteiger partial charge >= 0.3 is 0 Å². The average molecular weight is 421 g/mol. The fourth-order valence-corrected chi connectivity index (χ4v) is 3.58. The number of hydrogen-bond acceptors (Lipinski definition) is 4. The maximum atomic E-state index is 13.1. The highest BCUT2D eigenvalue weighted by Gasteiger charge is 2.29.